The van der Waals surface area contributed by atoms with E-state index >= 15 is 0 Å². The molecule has 8 heteroatoms. The fraction of sp³-hybridized carbons (Fsp3) is 0.421. The molecule has 3 rings (SSSR count). The van der Waals surface area contributed by atoms with Gasteiger partial charge in [-0.3, -0.25) is 9.59 Å². The quantitative estimate of drug-likeness (QED) is 0.581. The van der Waals surface area contributed by atoms with E-state index in [0.717, 1.165) is 55.4 Å². The van der Waals surface area contributed by atoms with Gasteiger partial charge in [-0.1, -0.05) is 23.9 Å². The van der Waals surface area contributed by atoms with E-state index in [1.807, 2.05) is 17.0 Å². The molecule has 27 heavy (non-hydrogen) atoms. The van der Waals surface area contributed by atoms with Gasteiger partial charge >= 0.3 is 0 Å². The lowest BCUT2D eigenvalue weighted by atomic mass is 10.1. The van der Waals surface area contributed by atoms with Gasteiger partial charge in [0.1, 0.15) is 5.75 Å². The second-order valence-electron chi connectivity index (χ2n) is 6.43. The maximum Gasteiger partial charge on any atom is 0.258 e. The minimum Gasteiger partial charge on any atom is -0.497 e. The van der Waals surface area contributed by atoms with E-state index in [9.17, 15) is 14.7 Å². The Morgan fingerprint density at radius 2 is 1.96 bits per heavy atom. The van der Waals surface area contributed by atoms with Gasteiger partial charge in [0.15, 0.2) is 5.16 Å². The minimum absolute atomic E-state index is 0.0316. The van der Waals surface area contributed by atoms with Crippen LogP contribution in [0.2, 0.25) is 0 Å². The average molecular weight is 389 g/mol. The van der Waals surface area contributed by atoms with Gasteiger partial charge in [-0.05, 0) is 37.0 Å². The van der Waals surface area contributed by atoms with Crippen molar-refractivity contribution in [3.8, 4) is 11.6 Å². The second kappa shape index (κ2) is 8.94. The van der Waals surface area contributed by atoms with Gasteiger partial charge < -0.3 is 19.7 Å². The lowest BCUT2D eigenvalue weighted by Gasteiger charge is -2.26. The second-order valence-corrected chi connectivity index (χ2v) is 7.39. The van der Waals surface area contributed by atoms with Crippen molar-refractivity contribution < 1.29 is 14.6 Å². The number of hydrogen-bond donors (Lipinski definition) is 2. The molecule has 1 aliphatic rings. The smallest absolute Gasteiger partial charge is 0.258 e. The van der Waals surface area contributed by atoms with Gasteiger partial charge in [-0.25, -0.2) is 0 Å². The highest BCUT2D eigenvalue weighted by Gasteiger charge is 2.18. The number of hydrogen-bond acceptors (Lipinski definition) is 6. The van der Waals surface area contributed by atoms with Crippen LogP contribution in [0.15, 0.2) is 34.2 Å². The number of aromatic amines is 1. The molecule has 1 aromatic carbocycles. The van der Waals surface area contributed by atoms with Crippen molar-refractivity contribution in [2.24, 2.45) is 0 Å². The molecular formula is C19H23N3O4S. The molecule has 144 valence electrons. The van der Waals surface area contributed by atoms with Crippen molar-refractivity contribution in [1.29, 1.82) is 0 Å². The van der Waals surface area contributed by atoms with Crippen molar-refractivity contribution in [1.82, 2.24) is 14.9 Å². The Hall–Kier alpha value is -2.48. The van der Waals surface area contributed by atoms with E-state index in [0.29, 0.717) is 0 Å². The molecule has 2 N–H and O–H groups in total. The van der Waals surface area contributed by atoms with Gasteiger partial charge in [0, 0.05) is 19.5 Å². The maximum atomic E-state index is 12.3. The summed E-state index contributed by atoms with van der Waals surface area (Å²) in [6.45, 7) is 1.57. The number of carbonyl (C=O) groups is 1. The van der Waals surface area contributed by atoms with Crippen LogP contribution in [0.25, 0.3) is 0 Å². The van der Waals surface area contributed by atoms with E-state index in [2.05, 4.69) is 9.97 Å². The summed E-state index contributed by atoms with van der Waals surface area (Å²) in [4.78, 5) is 33.1. The Balaban J connectivity index is 1.65. The topological polar surface area (TPSA) is 95.5 Å². The van der Waals surface area contributed by atoms with Crippen LogP contribution in [0.5, 0.6) is 11.6 Å². The van der Waals surface area contributed by atoms with Crippen molar-refractivity contribution in [2.45, 2.75) is 30.8 Å². The van der Waals surface area contributed by atoms with Crippen LogP contribution in [0, 0.1) is 0 Å². The molecule has 0 unspecified atom stereocenters. The number of nitrogens with zero attached hydrogens (tertiary/aromatic N) is 2. The number of likely N-dealkylation sites (tertiary alicyclic amines) is 1. The zero-order chi connectivity index (χ0) is 19.2. The van der Waals surface area contributed by atoms with Crippen LogP contribution >= 0.6 is 11.8 Å². The average Bonchev–Trinajstić information content (AvgIpc) is 2.70. The fourth-order valence-corrected chi connectivity index (χ4v) is 3.76. The molecule has 2 heterocycles. The first-order valence-corrected chi connectivity index (χ1v) is 9.91. The summed E-state index contributed by atoms with van der Waals surface area (Å²) in [6, 6.07) is 7.25. The number of piperidine rings is 1. The zero-order valence-corrected chi connectivity index (χ0v) is 16.1. The van der Waals surface area contributed by atoms with Gasteiger partial charge in [-0.15, -0.1) is 0 Å². The molecule has 0 radical (unpaired) electrons. The summed E-state index contributed by atoms with van der Waals surface area (Å²) in [5.41, 5.74) is 0.664. The fourth-order valence-electron chi connectivity index (χ4n) is 3.01. The Kier molecular flexibility index (Phi) is 6.39. The molecule has 0 spiro atoms. The number of H-pyrrole nitrogens is 1. The van der Waals surface area contributed by atoms with Gasteiger partial charge in [0.05, 0.1) is 18.4 Å². The van der Waals surface area contributed by atoms with Crippen LogP contribution in [-0.4, -0.2) is 51.8 Å². The van der Waals surface area contributed by atoms with Crippen molar-refractivity contribution >= 4 is 17.7 Å². The molecular weight excluding hydrogens is 366 g/mol. The number of amides is 1. The molecule has 0 atom stereocenters. The predicted molar refractivity (Wildman–Crippen MR) is 103 cm³/mol. The van der Waals surface area contributed by atoms with Crippen LogP contribution in [0.3, 0.4) is 0 Å². The molecule has 1 saturated heterocycles. The van der Waals surface area contributed by atoms with Crippen LogP contribution in [0.4, 0.5) is 0 Å². The third-order valence-electron chi connectivity index (χ3n) is 4.55. The number of thioether (sulfide) groups is 1. The molecule has 7 nitrogen and oxygen atoms in total. The van der Waals surface area contributed by atoms with Crippen LogP contribution < -0.4 is 10.3 Å². The third-order valence-corrected chi connectivity index (χ3v) is 5.41. The molecule has 1 amide bonds. The van der Waals surface area contributed by atoms with Gasteiger partial charge in [-0.2, -0.15) is 4.98 Å². The highest BCUT2D eigenvalue weighted by Crippen LogP contribution is 2.21. The number of aromatic nitrogens is 2. The van der Waals surface area contributed by atoms with Crippen molar-refractivity contribution in [3.63, 3.8) is 0 Å². The summed E-state index contributed by atoms with van der Waals surface area (Å²) >= 11 is 1.14. The number of methoxy groups -OCH3 is 1. The highest BCUT2D eigenvalue weighted by molar-refractivity contribution is 7.99. The van der Waals surface area contributed by atoms with Crippen molar-refractivity contribution in [3.05, 3.63) is 45.7 Å². The maximum absolute atomic E-state index is 12.3. The first-order chi connectivity index (χ1) is 13.1. The Morgan fingerprint density at radius 1 is 1.26 bits per heavy atom. The van der Waals surface area contributed by atoms with E-state index in [1.165, 1.54) is 0 Å². The largest absolute Gasteiger partial charge is 0.497 e. The Morgan fingerprint density at radius 3 is 2.59 bits per heavy atom. The van der Waals surface area contributed by atoms with E-state index in [-0.39, 0.29) is 34.7 Å². The number of aromatic hydroxyl groups is 1. The molecule has 1 aliphatic heterocycles. The summed E-state index contributed by atoms with van der Waals surface area (Å²) in [5.74, 6) is 0.645. The molecule has 0 aliphatic carbocycles. The normalized spacial score (nSPS) is 14.2. The van der Waals surface area contributed by atoms with E-state index in [1.54, 1.807) is 19.2 Å². The Labute approximate surface area is 161 Å². The Bertz CT molecular complexity index is 845. The summed E-state index contributed by atoms with van der Waals surface area (Å²) in [5, 5.41) is 10.4. The summed E-state index contributed by atoms with van der Waals surface area (Å²) in [6.07, 6.45) is 3.49. The van der Waals surface area contributed by atoms with Gasteiger partial charge in [0.25, 0.3) is 5.56 Å². The third kappa shape index (κ3) is 5.03. The lowest BCUT2D eigenvalue weighted by Crippen LogP contribution is -2.36. The minimum atomic E-state index is -0.397. The number of rotatable bonds is 6. The first kappa shape index (κ1) is 19.3. The van der Waals surface area contributed by atoms with Crippen LogP contribution in [0.1, 0.15) is 30.4 Å². The molecule has 0 saturated carbocycles. The van der Waals surface area contributed by atoms with E-state index < -0.39 is 5.56 Å². The SMILES string of the molecule is COc1ccc(Cc2c(O)nc(SCC(=O)N3CCCCC3)[nH]c2=O)cc1. The highest BCUT2D eigenvalue weighted by atomic mass is 32.2. The monoisotopic (exact) mass is 389 g/mol. The van der Waals surface area contributed by atoms with Crippen molar-refractivity contribution in [2.75, 3.05) is 26.0 Å². The number of ether oxygens (including phenoxy) is 1. The zero-order valence-electron chi connectivity index (χ0n) is 15.2. The standard InChI is InChI=1S/C19H23N3O4S/c1-26-14-7-5-13(6-8-14)11-15-17(24)20-19(21-18(15)25)27-12-16(23)22-9-3-2-4-10-22/h5-8H,2-4,9-12H2,1H3,(H2,20,21,24,25). The molecule has 0 bridgehead atoms. The molecule has 1 fully saturated rings. The first-order valence-electron chi connectivity index (χ1n) is 8.92. The van der Waals surface area contributed by atoms with E-state index in [4.69, 9.17) is 4.74 Å². The van der Waals surface area contributed by atoms with Crippen LogP contribution in [-0.2, 0) is 11.2 Å². The summed E-state index contributed by atoms with van der Waals surface area (Å²) in [7, 11) is 1.59. The number of carbonyl (C=O) groups excluding carboxylic acids is 1. The summed E-state index contributed by atoms with van der Waals surface area (Å²) < 4.78 is 5.11. The molecule has 2 aromatic rings. The lowest BCUT2D eigenvalue weighted by molar-refractivity contribution is -0.129. The predicted octanol–water partition coefficient (Wildman–Crippen LogP) is 2.18. The number of benzene rings is 1. The molecule has 1 aromatic heterocycles. The number of nitrogens with one attached hydrogen (secondary N) is 1. The van der Waals surface area contributed by atoms with Gasteiger partial charge in [0.2, 0.25) is 11.8 Å².